The van der Waals surface area contributed by atoms with Crippen molar-refractivity contribution < 1.29 is 23.1 Å². The second-order valence-electron chi connectivity index (χ2n) is 10.2. The van der Waals surface area contributed by atoms with Crippen LogP contribution >= 0.6 is 0 Å². The standard InChI is InChI=1S/C29H36N4O5S/c1-21-17-33(22(2)20-34)29(35)16-24-15-25(31-39(36,37)26-7-5-4-6-8-26)9-10-27(24)38-28(21)19-32(3)18-23-11-13-30-14-12-23/h4-15,21-22,28,31,34H,16-20H2,1-3H3/t21-,22-,28+/m0/s1. The Morgan fingerprint density at radius 2 is 1.87 bits per heavy atom. The van der Waals surface area contributed by atoms with Gasteiger partial charge in [0.15, 0.2) is 0 Å². The van der Waals surface area contributed by atoms with E-state index in [9.17, 15) is 18.3 Å². The average molecular weight is 553 g/mol. The third kappa shape index (κ3) is 7.35. The van der Waals surface area contributed by atoms with Gasteiger partial charge in [-0.1, -0.05) is 25.1 Å². The van der Waals surface area contributed by atoms with E-state index in [1.54, 1.807) is 53.7 Å². The number of likely N-dealkylation sites (N-methyl/N-ethyl adjacent to an activating group) is 1. The summed E-state index contributed by atoms with van der Waals surface area (Å²) in [5.74, 6) is 0.353. The van der Waals surface area contributed by atoms with E-state index in [0.29, 0.717) is 36.6 Å². The molecule has 9 nitrogen and oxygen atoms in total. The SMILES string of the molecule is C[C@H]1CN([C@@H](C)CO)C(=O)Cc2cc(NS(=O)(=O)c3ccccc3)ccc2O[C@@H]1CN(C)Cc1ccncc1. The highest BCUT2D eigenvalue weighted by Gasteiger charge is 2.31. The molecule has 0 unspecified atom stereocenters. The maximum Gasteiger partial charge on any atom is 0.261 e. The Labute approximate surface area is 230 Å². The van der Waals surface area contributed by atoms with Crippen LogP contribution in [-0.4, -0.2) is 73.1 Å². The quantitative estimate of drug-likeness (QED) is 0.419. The van der Waals surface area contributed by atoms with Gasteiger partial charge in [0.05, 0.1) is 24.0 Å². The number of benzene rings is 2. The van der Waals surface area contributed by atoms with Crippen LogP contribution < -0.4 is 9.46 Å². The first kappa shape index (κ1) is 28.5. The zero-order valence-electron chi connectivity index (χ0n) is 22.5. The average Bonchev–Trinajstić information content (AvgIpc) is 2.96. The number of pyridine rings is 1. The topological polar surface area (TPSA) is 112 Å². The summed E-state index contributed by atoms with van der Waals surface area (Å²) in [6.07, 6.45) is 3.29. The number of amides is 1. The minimum Gasteiger partial charge on any atom is -0.488 e. The predicted octanol–water partition coefficient (Wildman–Crippen LogP) is 3.16. The first-order chi connectivity index (χ1) is 18.7. The van der Waals surface area contributed by atoms with Crippen LogP contribution in [0.4, 0.5) is 5.69 Å². The van der Waals surface area contributed by atoms with Crippen LogP contribution in [0.15, 0.2) is 78.0 Å². The number of carbonyl (C=O) groups excluding carboxylic acids is 1. The molecule has 4 rings (SSSR count). The highest BCUT2D eigenvalue weighted by atomic mass is 32.2. The van der Waals surface area contributed by atoms with Gasteiger partial charge in [0, 0.05) is 49.2 Å². The highest BCUT2D eigenvalue weighted by molar-refractivity contribution is 7.92. The minimum absolute atomic E-state index is 0.0207. The van der Waals surface area contributed by atoms with Crippen molar-refractivity contribution in [2.75, 3.05) is 31.5 Å². The van der Waals surface area contributed by atoms with Crippen LogP contribution in [-0.2, 0) is 27.8 Å². The summed E-state index contributed by atoms with van der Waals surface area (Å²) in [5.41, 5.74) is 2.05. The number of aliphatic hydroxyl groups is 1. The molecule has 3 atom stereocenters. The van der Waals surface area contributed by atoms with E-state index in [1.807, 2.05) is 33.0 Å². The molecule has 1 aliphatic rings. The number of hydrogen-bond acceptors (Lipinski definition) is 7. The van der Waals surface area contributed by atoms with Crippen molar-refractivity contribution >= 4 is 21.6 Å². The van der Waals surface area contributed by atoms with E-state index in [-0.39, 0.29) is 41.9 Å². The molecule has 0 saturated carbocycles. The molecule has 39 heavy (non-hydrogen) atoms. The second-order valence-corrected chi connectivity index (χ2v) is 11.9. The maximum atomic E-state index is 13.4. The number of hydrogen-bond donors (Lipinski definition) is 2. The first-order valence-electron chi connectivity index (χ1n) is 13.0. The summed E-state index contributed by atoms with van der Waals surface area (Å²) in [7, 11) is -1.78. The number of nitrogens with one attached hydrogen (secondary N) is 1. The molecule has 3 aromatic rings. The molecule has 2 aromatic carbocycles. The van der Waals surface area contributed by atoms with Gasteiger partial charge in [-0.05, 0) is 62.0 Å². The highest BCUT2D eigenvalue weighted by Crippen LogP contribution is 2.30. The largest absolute Gasteiger partial charge is 0.488 e. The van der Waals surface area contributed by atoms with Crippen molar-refractivity contribution in [2.24, 2.45) is 5.92 Å². The number of sulfonamides is 1. The number of fused-ring (bicyclic) bond motifs is 1. The van der Waals surface area contributed by atoms with Crippen molar-refractivity contribution in [1.29, 1.82) is 0 Å². The van der Waals surface area contributed by atoms with Crippen molar-refractivity contribution in [3.63, 3.8) is 0 Å². The van der Waals surface area contributed by atoms with Gasteiger partial charge in [-0.3, -0.25) is 19.4 Å². The molecule has 1 amide bonds. The van der Waals surface area contributed by atoms with Gasteiger partial charge in [-0.15, -0.1) is 0 Å². The van der Waals surface area contributed by atoms with Crippen LogP contribution in [0.1, 0.15) is 25.0 Å². The Morgan fingerprint density at radius 1 is 1.15 bits per heavy atom. The number of nitrogens with zero attached hydrogens (tertiary/aromatic N) is 3. The van der Waals surface area contributed by atoms with E-state index in [0.717, 1.165) is 5.56 Å². The molecule has 0 saturated heterocycles. The fourth-order valence-corrected chi connectivity index (χ4v) is 5.77. The molecule has 0 radical (unpaired) electrons. The van der Waals surface area contributed by atoms with Gasteiger partial charge >= 0.3 is 0 Å². The normalized spacial score (nSPS) is 18.9. The van der Waals surface area contributed by atoms with Crippen molar-refractivity contribution in [2.45, 2.75) is 43.9 Å². The minimum atomic E-state index is -3.80. The van der Waals surface area contributed by atoms with Crippen molar-refractivity contribution in [1.82, 2.24) is 14.8 Å². The van der Waals surface area contributed by atoms with E-state index in [4.69, 9.17) is 4.74 Å². The number of carbonyl (C=O) groups is 1. The van der Waals surface area contributed by atoms with E-state index in [2.05, 4.69) is 14.6 Å². The van der Waals surface area contributed by atoms with Gasteiger partial charge < -0.3 is 14.7 Å². The van der Waals surface area contributed by atoms with Crippen LogP contribution in [0.3, 0.4) is 0 Å². The smallest absolute Gasteiger partial charge is 0.261 e. The molecule has 0 spiro atoms. The molecular weight excluding hydrogens is 516 g/mol. The number of aromatic nitrogens is 1. The Bertz CT molecular complexity index is 1350. The van der Waals surface area contributed by atoms with E-state index in [1.165, 1.54) is 12.1 Å². The zero-order valence-corrected chi connectivity index (χ0v) is 23.3. The van der Waals surface area contributed by atoms with Crippen LogP contribution in [0, 0.1) is 5.92 Å². The van der Waals surface area contributed by atoms with Gasteiger partial charge in [-0.2, -0.15) is 0 Å². The summed E-state index contributed by atoms with van der Waals surface area (Å²) in [5, 5.41) is 9.86. The lowest BCUT2D eigenvalue weighted by atomic mass is 10.0. The predicted molar refractivity (Wildman–Crippen MR) is 150 cm³/mol. The van der Waals surface area contributed by atoms with Crippen LogP contribution in [0.25, 0.3) is 0 Å². The fourth-order valence-electron chi connectivity index (χ4n) is 4.70. The first-order valence-corrected chi connectivity index (χ1v) is 14.5. The van der Waals surface area contributed by atoms with Crippen molar-refractivity contribution in [3.05, 3.63) is 84.2 Å². The van der Waals surface area contributed by atoms with Crippen LogP contribution in [0.2, 0.25) is 0 Å². The van der Waals surface area contributed by atoms with Gasteiger partial charge in [0.2, 0.25) is 5.91 Å². The molecular formula is C29H36N4O5S. The molecule has 0 bridgehead atoms. The summed E-state index contributed by atoms with van der Waals surface area (Å²) in [4.78, 5) is 21.5. The molecule has 1 aromatic heterocycles. The van der Waals surface area contributed by atoms with Gasteiger partial charge in [0.1, 0.15) is 11.9 Å². The molecule has 10 heteroatoms. The Hall–Kier alpha value is -3.47. The molecule has 0 fully saturated rings. The lowest BCUT2D eigenvalue weighted by molar-refractivity contribution is -0.134. The van der Waals surface area contributed by atoms with E-state index < -0.39 is 10.0 Å². The Balaban J connectivity index is 1.63. The third-order valence-corrected chi connectivity index (χ3v) is 8.31. The summed E-state index contributed by atoms with van der Waals surface area (Å²) in [6.45, 7) is 5.44. The molecule has 0 aliphatic carbocycles. The lowest BCUT2D eigenvalue weighted by Gasteiger charge is -2.34. The number of ether oxygens (including phenoxy) is 1. The molecule has 2 N–H and O–H groups in total. The fraction of sp³-hybridized carbons (Fsp3) is 0.379. The number of anilines is 1. The van der Waals surface area contributed by atoms with Crippen molar-refractivity contribution in [3.8, 4) is 5.75 Å². The van der Waals surface area contributed by atoms with Crippen LogP contribution in [0.5, 0.6) is 5.75 Å². The Kier molecular flexibility index (Phi) is 9.21. The van der Waals surface area contributed by atoms with E-state index >= 15 is 0 Å². The van der Waals surface area contributed by atoms with Gasteiger partial charge in [0.25, 0.3) is 10.0 Å². The third-order valence-electron chi connectivity index (χ3n) is 6.92. The lowest BCUT2D eigenvalue weighted by Crippen LogP contribution is -2.47. The Morgan fingerprint density at radius 3 is 2.56 bits per heavy atom. The summed E-state index contributed by atoms with van der Waals surface area (Å²) in [6, 6.07) is 16.7. The number of rotatable bonds is 9. The number of aliphatic hydroxyl groups excluding tert-OH is 1. The maximum absolute atomic E-state index is 13.4. The zero-order chi connectivity index (χ0) is 28.0. The van der Waals surface area contributed by atoms with Gasteiger partial charge in [-0.25, -0.2) is 8.42 Å². The summed E-state index contributed by atoms with van der Waals surface area (Å²) < 4.78 is 35.0. The summed E-state index contributed by atoms with van der Waals surface area (Å²) >= 11 is 0. The second kappa shape index (κ2) is 12.6. The molecule has 2 heterocycles. The monoisotopic (exact) mass is 552 g/mol. The molecule has 1 aliphatic heterocycles. The molecule has 208 valence electrons.